The van der Waals surface area contributed by atoms with Crippen molar-refractivity contribution in [3.8, 4) is 0 Å². The van der Waals surface area contributed by atoms with E-state index < -0.39 is 47.8 Å². The monoisotopic (exact) mass is 567 g/mol. The molecule has 0 bridgehead atoms. The maximum atomic E-state index is 13.4. The van der Waals surface area contributed by atoms with Crippen LogP contribution in [0.3, 0.4) is 0 Å². The van der Waals surface area contributed by atoms with Crippen LogP contribution in [0.2, 0.25) is 0 Å². The molecule has 0 heterocycles. The third kappa shape index (κ3) is 11.8. The molecule has 0 saturated carbocycles. The first-order chi connectivity index (χ1) is 19.5. The van der Waals surface area contributed by atoms with Crippen LogP contribution in [0.15, 0.2) is 60.7 Å². The summed E-state index contributed by atoms with van der Waals surface area (Å²) in [6.07, 6.45) is -0.131. The zero-order chi connectivity index (χ0) is 30.4. The van der Waals surface area contributed by atoms with Crippen molar-refractivity contribution in [3.63, 3.8) is 0 Å². The molecule has 0 radical (unpaired) electrons. The van der Waals surface area contributed by atoms with Crippen LogP contribution >= 0.6 is 0 Å². The maximum Gasteiger partial charge on any atom is 0.408 e. The molecule has 0 aromatic heterocycles. The number of ketones is 1. The van der Waals surface area contributed by atoms with Crippen molar-refractivity contribution >= 4 is 29.7 Å². The molecule has 0 aliphatic heterocycles. The smallest absolute Gasteiger partial charge is 0.408 e. The number of rotatable bonds is 15. The minimum atomic E-state index is -1.19. The van der Waals surface area contributed by atoms with E-state index in [2.05, 4.69) is 20.7 Å². The molecule has 0 fully saturated rings. The highest BCUT2D eigenvalue weighted by Crippen LogP contribution is 2.11. The fourth-order valence-electron chi connectivity index (χ4n) is 4.16. The van der Waals surface area contributed by atoms with E-state index in [4.69, 9.17) is 4.74 Å². The van der Waals surface area contributed by atoms with Crippen molar-refractivity contribution < 1.29 is 33.4 Å². The van der Waals surface area contributed by atoms with Crippen molar-refractivity contribution in [2.24, 2.45) is 11.8 Å². The maximum absolute atomic E-state index is 13.4. The molecule has 3 atom stereocenters. The summed E-state index contributed by atoms with van der Waals surface area (Å²) >= 11 is 0. The highest BCUT2D eigenvalue weighted by Gasteiger charge is 2.33. The molecule has 3 amide bonds. The van der Waals surface area contributed by atoms with Crippen LogP contribution in [-0.4, -0.2) is 54.9 Å². The number of ether oxygens (including phenoxy) is 2. The standard InChI is InChI=1S/C31H41N3O7/c1-20(2)16-25(28(36)32-24(27(35)30(38)40-5)18-22-12-8-6-9-13-22)33-29(37)26(17-21(3)4)34-31(39)41-19-23-14-10-7-11-15-23/h6-15,20-21,24-26H,16-19H2,1-5H3,(H,32,36)(H,33,37)(H,34,39)/t24-,25?,26-/m0/s1. The second kappa shape index (κ2) is 16.8. The Bertz CT molecular complexity index is 1150. The SMILES string of the molecule is COC(=O)C(=O)[C@H](Cc1ccccc1)NC(=O)C(CC(C)C)NC(=O)[C@H](CC(C)C)NC(=O)OCc1ccccc1. The van der Waals surface area contributed by atoms with E-state index in [9.17, 15) is 24.0 Å². The van der Waals surface area contributed by atoms with Crippen molar-refractivity contribution in [3.05, 3.63) is 71.8 Å². The fraction of sp³-hybridized carbons (Fsp3) is 0.452. The van der Waals surface area contributed by atoms with Crippen LogP contribution in [0.5, 0.6) is 0 Å². The van der Waals surface area contributed by atoms with Gasteiger partial charge in [0.2, 0.25) is 11.8 Å². The van der Waals surface area contributed by atoms with Crippen LogP contribution in [0.25, 0.3) is 0 Å². The number of carbonyl (C=O) groups is 5. The Balaban J connectivity index is 2.16. The van der Waals surface area contributed by atoms with Crippen LogP contribution in [-0.2, 0) is 41.7 Å². The number of benzene rings is 2. The van der Waals surface area contributed by atoms with E-state index in [-0.39, 0.29) is 31.3 Å². The van der Waals surface area contributed by atoms with Gasteiger partial charge in [-0.1, -0.05) is 88.4 Å². The summed E-state index contributed by atoms with van der Waals surface area (Å²) in [5, 5.41) is 7.98. The Labute approximate surface area is 241 Å². The second-order valence-corrected chi connectivity index (χ2v) is 10.7. The number of alkyl carbamates (subject to hydrolysis) is 1. The zero-order valence-corrected chi connectivity index (χ0v) is 24.3. The number of Topliss-reactive ketones (excluding diaryl/α,β-unsaturated/α-hetero) is 1. The van der Waals surface area contributed by atoms with Crippen LogP contribution in [0.1, 0.15) is 51.7 Å². The average Bonchev–Trinajstić information content (AvgIpc) is 2.94. The van der Waals surface area contributed by atoms with Crippen LogP contribution in [0, 0.1) is 11.8 Å². The lowest BCUT2D eigenvalue weighted by Crippen LogP contribution is -2.57. The molecule has 0 aliphatic rings. The minimum Gasteiger partial charge on any atom is -0.463 e. The molecular weight excluding hydrogens is 526 g/mol. The molecule has 0 spiro atoms. The summed E-state index contributed by atoms with van der Waals surface area (Å²) in [7, 11) is 1.09. The quantitative estimate of drug-likeness (QED) is 0.222. The van der Waals surface area contributed by atoms with Gasteiger partial charge in [0.1, 0.15) is 24.7 Å². The molecule has 3 N–H and O–H groups in total. The lowest BCUT2D eigenvalue weighted by Gasteiger charge is -2.26. The topological polar surface area (TPSA) is 140 Å². The number of amides is 3. The lowest BCUT2D eigenvalue weighted by atomic mass is 9.98. The molecule has 41 heavy (non-hydrogen) atoms. The summed E-state index contributed by atoms with van der Waals surface area (Å²) in [5.74, 6) is -3.12. The van der Waals surface area contributed by atoms with Gasteiger partial charge >= 0.3 is 12.1 Å². The normalized spacial score (nSPS) is 13.0. The molecule has 2 aromatic rings. The Morgan fingerprint density at radius 3 is 1.61 bits per heavy atom. The highest BCUT2D eigenvalue weighted by molar-refractivity contribution is 6.36. The van der Waals surface area contributed by atoms with E-state index in [0.717, 1.165) is 18.2 Å². The van der Waals surface area contributed by atoms with E-state index in [1.54, 1.807) is 24.3 Å². The van der Waals surface area contributed by atoms with Gasteiger partial charge in [-0.15, -0.1) is 0 Å². The molecule has 10 nitrogen and oxygen atoms in total. The highest BCUT2D eigenvalue weighted by atomic mass is 16.5. The molecule has 0 aliphatic carbocycles. The molecular formula is C31H41N3O7. The van der Waals surface area contributed by atoms with Gasteiger partial charge in [0, 0.05) is 6.42 Å². The third-order valence-corrected chi connectivity index (χ3v) is 6.17. The van der Waals surface area contributed by atoms with E-state index in [1.165, 1.54) is 0 Å². The van der Waals surface area contributed by atoms with Crippen LogP contribution < -0.4 is 16.0 Å². The molecule has 2 rings (SSSR count). The second-order valence-electron chi connectivity index (χ2n) is 10.7. The fourth-order valence-corrected chi connectivity index (χ4v) is 4.16. The van der Waals surface area contributed by atoms with Gasteiger partial charge < -0.3 is 25.4 Å². The summed E-state index contributed by atoms with van der Waals surface area (Å²) < 4.78 is 9.88. The molecule has 1 unspecified atom stereocenters. The summed E-state index contributed by atoms with van der Waals surface area (Å²) in [4.78, 5) is 64.1. The van der Waals surface area contributed by atoms with Gasteiger partial charge in [-0.2, -0.15) is 0 Å². The molecule has 2 aromatic carbocycles. The van der Waals surface area contributed by atoms with E-state index in [0.29, 0.717) is 6.42 Å². The van der Waals surface area contributed by atoms with Gasteiger partial charge in [0.15, 0.2) is 0 Å². The Morgan fingerprint density at radius 2 is 1.12 bits per heavy atom. The number of hydrogen-bond acceptors (Lipinski definition) is 7. The van der Waals surface area contributed by atoms with Gasteiger partial charge in [-0.25, -0.2) is 9.59 Å². The first-order valence-electron chi connectivity index (χ1n) is 13.7. The number of nitrogens with one attached hydrogen (secondary N) is 3. The average molecular weight is 568 g/mol. The first kappa shape index (κ1) is 33.0. The zero-order valence-electron chi connectivity index (χ0n) is 24.3. The van der Waals surface area contributed by atoms with Crippen molar-refractivity contribution in [1.29, 1.82) is 0 Å². The number of carbonyl (C=O) groups excluding carboxylic acids is 5. The summed E-state index contributed by atoms with van der Waals surface area (Å²) in [6.45, 7) is 7.62. The van der Waals surface area contributed by atoms with Gasteiger partial charge in [-0.3, -0.25) is 14.4 Å². The molecule has 0 saturated heterocycles. The Kier molecular flexibility index (Phi) is 13.5. The predicted octanol–water partition coefficient (Wildman–Crippen LogP) is 3.33. The van der Waals surface area contributed by atoms with Gasteiger partial charge in [0.05, 0.1) is 7.11 Å². The number of esters is 1. The first-order valence-corrected chi connectivity index (χ1v) is 13.7. The summed E-state index contributed by atoms with van der Waals surface area (Å²) in [6, 6.07) is 14.9. The van der Waals surface area contributed by atoms with E-state index in [1.807, 2.05) is 64.1 Å². The number of hydrogen-bond donors (Lipinski definition) is 3. The minimum absolute atomic E-state index is 0.00211. The molecule has 222 valence electrons. The third-order valence-electron chi connectivity index (χ3n) is 6.17. The van der Waals surface area contributed by atoms with Crippen molar-refractivity contribution in [1.82, 2.24) is 16.0 Å². The summed E-state index contributed by atoms with van der Waals surface area (Å²) in [5.41, 5.74) is 1.53. The largest absolute Gasteiger partial charge is 0.463 e. The Hall–Kier alpha value is -4.21. The Morgan fingerprint density at radius 1 is 0.659 bits per heavy atom. The van der Waals surface area contributed by atoms with E-state index >= 15 is 0 Å². The molecule has 10 heteroatoms. The van der Waals surface area contributed by atoms with Gasteiger partial charge in [0.25, 0.3) is 5.78 Å². The lowest BCUT2D eigenvalue weighted by molar-refractivity contribution is -0.153. The number of methoxy groups -OCH3 is 1. The van der Waals surface area contributed by atoms with Gasteiger partial charge in [-0.05, 0) is 35.8 Å². The van der Waals surface area contributed by atoms with Crippen molar-refractivity contribution in [2.75, 3.05) is 7.11 Å². The van der Waals surface area contributed by atoms with Crippen LogP contribution in [0.4, 0.5) is 4.79 Å². The predicted molar refractivity (Wildman–Crippen MR) is 153 cm³/mol. The van der Waals surface area contributed by atoms with Crippen molar-refractivity contribution in [2.45, 2.75) is 71.7 Å².